The SMILES string of the molecule is CCc1noc([C@@H](C)N2CCN(c3cccc(OC)c3)CC2)n1. The maximum Gasteiger partial charge on any atom is 0.243 e. The van der Waals surface area contributed by atoms with Gasteiger partial charge in [0.15, 0.2) is 5.82 Å². The maximum absolute atomic E-state index is 5.38. The van der Waals surface area contributed by atoms with Crippen molar-refractivity contribution in [2.24, 2.45) is 0 Å². The molecular formula is C17H24N4O2. The number of hydrogen-bond donors (Lipinski definition) is 0. The Balaban J connectivity index is 1.61. The Morgan fingerprint density at radius 2 is 2.04 bits per heavy atom. The lowest BCUT2D eigenvalue weighted by Gasteiger charge is -2.38. The third kappa shape index (κ3) is 3.47. The lowest BCUT2D eigenvalue weighted by Crippen LogP contribution is -2.47. The minimum atomic E-state index is 0.162. The van der Waals surface area contributed by atoms with Crippen LogP contribution in [0.1, 0.15) is 31.6 Å². The second-order valence-corrected chi connectivity index (χ2v) is 5.80. The van der Waals surface area contributed by atoms with Crippen molar-refractivity contribution >= 4 is 5.69 Å². The van der Waals surface area contributed by atoms with Crippen LogP contribution in [0.2, 0.25) is 0 Å². The number of piperazine rings is 1. The predicted molar refractivity (Wildman–Crippen MR) is 88.9 cm³/mol. The van der Waals surface area contributed by atoms with Crippen LogP contribution in [0.4, 0.5) is 5.69 Å². The topological polar surface area (TPSA) is 54.6 Å². The van der Waals surface area contributed by atoms with Gasteiger partial charge in [-0.3, -0.25) is 4.90 Å². The van der Waals surface area contributed by atoms with Gasteiger partial charge in [0.1, 0.15) is 5.75 Å². The van der Waals surface area contributed by atoms with Crippen molar-refractivity contribution in [3.8, 4) is 5.75 Å². The van der Waals surface area contributed by atoms with Crippen molar-refractivity contribution in [3.05, 3.63) is 36.0 Å². The zero-order chi connectivity index (χ0) is 16.2. The Bertz CT molecular complexity index is 635. The molecule has 124 valence electrons. The lowest BCUT2D eigenvalue weighted by molar-refractivity contribution is 0.164. The normalized spacial score (nSPS) is 17.3. The van der Waals surface area contributed by atoms with Gasteiger partial charge in [0.25, 0.3) is 0 Å². The molecule has 0 unspecified atom stereocenters. The Morgan fingerprint density at radius 3 is 2.70 bits per heavy atom. The standard InChI is InChI=1S/C17H24N4O2/c1-4-16-18-17(23-19-16)13(2)20-8-10-21(11-9-20)14-6-5-7-15(12-14)22-3/h5-7,12-13H,4,8-11H2,1-3H3/t13-/m1/s1. The molecule has 2 aromatic rings. The fourth-order valence-corrected chi connectivity index (χ4v) is 2.91. The fraction of sp³-hybridized carbons (Fsp3) is 0.529. The highest BCUT2D eigenvalue weighted by Gasteiger charge is 2.25. The van der Waals surface area contributed by atoms with Gasteiger partial charge in [0, 0.05) is 44.4 Å². The first-order valence-corrected chi connectivity index (χ1v) is 8.16. The van der Waals surface area contributed by atoms with E-state index in [1.54, 1.807) is 7.11 Å². The van der Waals surface area contributed by atoms with Crippen molar-refractivity contribution in [1.82, 2.24) is 15.0 Å². The first-order chi connectivity index (χ1) is 11.2. The van der Waals surface area contributed by atoms with E-state index in [9.17, 15) is 0 Å². The van der Waals surface area contributed by atoms with Crippen molar-refractivity contribution in [3.63, 3.8) is 0 Å². The summed E-state index contributed by atoms with van der Waals surface area (Å²) < 4.78 is 10.7. The molecule has 0 N–H and O–H groups in total. The van der Waals surface area contributed by atoms with Crippen LogP contribution in [0.3, 0.4) is 0 Å². The number of aromatic nitrogens is 2. The van der Waals surface area contributed by atoms with Crippen LogP contribution in [0, 0.1) is 0 Å². The van der Waals surface area contributed by atoms with E-state index in [1.807, 2.05) is 19.1 Å². The van der Waals surface area contributed by atoms with Crippen LogP contribution in [0.15, 0.2) is 28.8 Å². The molecule has 0 amide bonds. The van der Waals surface area contributed by atoms with Crippen LogP contribution in [0.25, 0.3) is 0 Å². The quantitative estimate of drug-likeness (QED) is 0.845. The number of rotatable bonds is 5. The predicted octanol–water partition coefficient (Wildman–Crippen LogP) is 2.52. The Morgan fingerprint density at radius 1 is 1.26 bits per heavy atom. The van der Waals surface area contributed by atoms with Crippen LogP contribution in [0.5, 0.6) is 5.75 Å². The number of ether oxygens (including phenoxy) is 1. The van der Waals surface area contributed by atoms with Crippen LogP contribution in [-0.2, 0) is 6.42 Å². The van der Waals surface area contributed by atoms with E-state index in [2.05, 4.69) is 39.0 Å². The number of hydrogen-bond acceptors (Lipinski definition) is 6. The molecule has 1 aliphatic rings. The molecule has 0 saturated carbocycles. The molecule has 2 heterocycles. The molecule has 6 nitrogen and oxygen atoms in total. The highest BCUT2D eigenvalue weighted by molar-refractivity contribution is 5.51. The maximum atomic E-state index is 5.38. The van der Waals surface area contributed by atoms with Gasteiger partial charge in [-0.25, -0.2) is 0 Å². The first-order valence-electron chi connectivity index (χ1n) is 8.16. The number of methoxy groups -OCH3 is 1. The smallest absolute Gasteiger partial charge is 0.243 e. The Hall–Kier alpha value is -2.08. The summed E-state index contributed by atoms with van der Waals surface area (Å²) in [6, 6.07) is 8.39. The molecule has 1 fully saturated rings. The van der Waals surface area contributed by atoms with Gasteiger partial charge in [0.2, 0.25) is 5.89 Å². The summed E-state index contributed by atoms with van der Waals surface area (Å²) in [4.78, 5) is 9.23. The summed E-state index contributed by atoms with van der Waals surface area (Å²) in [6.07, 6.45) is 0.805. The molecule has 1 saturated heterocycles. The van der Waals surface area contributed by atoms with Gasteiger partial charge in [-0.15, -0.1) is 0 Å². The zero-order valence-corrected chi connectivity index (χ0v) is 14.0. The summed E-state index contributed by atoms with van der Waals surface area (Å²) in [5.74, 6) is 2.40. The second kappa shape index (κ2) is 7.00. The number of anilines is 1. The molecule has 1 aromatic heterocycles. The molecule has 0 radical (unpaired) electrons. The second-order valence-electron chi connectivity index (χ2n) is 5.80. The average molecular weight is 316 g/mol. The Kier molecular flexibility index (Phi) is 4.81. The Labute approximate surface area is 137 Å². The summed E-state index contributed by atoms with van der Waals surface area (Å²) in [6.45, 7) is 8.07. The summed E-state index contributed by atoms with van der Waals surface area (Å²) in [7, 11) is 1.70. The van der Waals surface area contributed by atoms with Crippen molar-refractivity contribution < 1.29 is 9.26 Å². The lowest BCUT2D eigenvalue weighted by atomic mass is 10.2. The highest BCUT2D eigenvalue weighted by Crippen LogP contribution is 2.25. The van der Waals surface area contributed by atoms with Crippen molar-refractivity contribution in [1.29, 1.82) is 0 Å². The monoisotopic (exact) mass is 316 g/mol. The van der Waals surface area contributed by atoms with Gasteiger partial charge >= 0.3 is 0 Å². The average Bonchev–Trinajstić information content (AvgIpc) is 3.10. The minimum Gasteiger partial charge on any atom is -0.497 e. The zero-order valence-electron chi connectivity index (χ0n) is 14.0. The van der Waals surface area contributed by atoms with E-state index < -0.39 is 0 Å². The molecule has 1 atom stereocenters. The molecule has 3 rings (SSSR count). The third-order valence-electron chi connectivity index (χ3n) is 4.44. The summed E-state index contributed by atoms with van der Waals surface area (Å²) >= 11 is 0. The van der Waals surface area contributed by atoms with Crippen molar-refractivity contribution in [2.45, 2.75) is 26.3 Å². The van der Waals surface area contributed by atoms with E-state index in [0.717, 1.165) is 50.1 Å². The van der Waals surface area contributed by atoms with Gasteiger partial charge in [-0.2, -0.15) is 4.98 Å². The van der Waals surface area contributed by atoms with E-state index in [-0.39, 0.29) is 6.04 Å². The van der Waals surface area contributed by atoms with E-state index in [1.165, 1.54) is 5.69 Å². The molecule has 1 aromatic carbocycles. The number of aryl methyl sites for hydroxylation is 1. The van der Waals surface area contributed by atoms with Gasteiger partial charge in [-0.1, -0.05) is 18.1 Å². The van der Waals surface area contributed by atoms with Crippen LogP contribution >= 0.6 is 0 Å². The van der Waals surface area contributed by atoms with E-state index >= 15 is 0 Å². The highest BCUT2D eigenvalue weighted by atomic mass is 16.5. The molecule has 23 heavy (non-hydrogen) atoms. The fourth-order valence-electron chi connectivity index (χ4n) is 2.91. The summed E-state index contributed by atoms with van der Waals surface area (Å²) in [5, 5.41) is 4.00. The van der Waals surface area contributed by atoms with Crippen LogP contribution in [-0.4, -0.2) is 48.3 Å². The van der Waals surface area contributed by atoms with Gasteiger partial charge in [-0.05, 0) is 19.1 Å². The van der Waals surface area contributed by atoms with E-state index in [4.69, 9.17) is 9.26 Å². The largest absolute Gasteiger partial charge is 0.497 e. The van der Waals surface area contributed by atoms with Gasteiger partial charge in [0.05, 0.1) is 13.2 Å². The molecule has 0 bridgehead atoms. The molecule has 1 aliphatic heterocycles. The number of benzene rings is 1. The molecule has 0 aliphatic carbocycles. The van der Waals surface area contributed by atoms with E-state index in [0.29, 0.717) is 0 Å². The summed E-state index contributed by atoms with van der Waals surface area (Å²) in [5.41, 5.74) is 1.21. The van der Waals surface area contributed by atoms with Gasteiger partial charge < -0.3 is 14.2 Å². The minimum absolute atomic E-state index is 0.162. The molecule has 6 heteroatoms. The molecular weight excluding hydrogens is 292 g/mol. The first kappa shape index (κ1) is 15.8. The molecule has 0 spiro atoms. The third-order valence-corrected chi connectivity index (χ3v) is 4.44. The number of nitrogens with zero attached hydrogens (tertiary/aromatic N) is 4. The van der Waals surface area contributed by atoms with Crippen LogP contribution < -0.4 is 9.64 Å². The van der Waals surface area contributed by atoms with Crippen molar-refractivity contribution in [2.75, 3.05) is 38.2 Å².